The van der Waals surface area contributed by atoms with E-state index < -0.39 is 0 Å². The number of nitrogens with one attached hydrogen (secondary N) is 2. The number of pyridine rings is 1. The molecule has 0 radical (unpaired) electrons. The SMILES string of the molecule is CCNC(=NCc1ccc(Cn2ccccc2=O)cc1)NCCc1ccc2c(c1)CCO2.I. The molecule has 174 valence electrons. The molecule has 0 fully saturated rings. The van der Waals surface area contributed by atoms with Crippen LogP contribution in [0.5, 0.6) is 5.75 Å². The third kappa shape index (κ3) is 7.08. The summed E-state index contributed by atoms with van der Waals surface area (Å²) in [7, 11) is 0. The molecule has 33 heavy (non-hydrogen) atoms. The summed E-state index contributed by atoms with van der Waals surface area (Å²) in [5.74, 6) is 1.84. The van der Waals surface area contributed by atoms with Gasteiger partial charge in [-0.3, -0.25) is 4.79 Å². The predicted octanol–water partition coefficient (Wildman–Crippen LogP) is 3.75. The van der Waals surface area contributed by atoms with E-state index in [-0.39, 0.29) is 29.5 Å². The topological polar surface area (TPSA) is 67.7 Å². The second kappa shape index (κ2) is 12.4. The van der Waals surface area contributed by atoms with E-state index in [1.54, 1.807) is 16.7 Å². The van der Waals surface area contributed by atoms with Gasteiger partial charge in [-0.15, -0.1) is 24.0 Å². The molecule has 0 unspecified atom stereocenters. The van der Waals surface area contributed by atoms with Crippen LogP contribution in [0, 0.1) is 0 Å². The molecule has 2 N–H and O–H groups in total. The van der Waals surface area contributed by atoms with Gasteiger partial charge in [-0.1, -0.05) is 42.5 Å². The highest BCUT2D eigenvalue weighted by molar-refractivity contribution is 14.0. The van der Waals surface area contributed by atoms with Crippen LogP contribution in [0.25, 0.3) is 0 Å². The van der Waals surface area contributed by atoms with Crippen LogP contribution in [0.15, 0.2) is 76.6 Å². The number of hydrogen-bond donors (Lipinski definition) is 2. The summed E-state index contributed by atoms with van der Waals surface area (Å²) >= 11 is 0. The third-order valence-corrected chi connectivity index (χ3v) is 5.50. The summed E-state index contributed by atoms with van der Waals surface area (Å²) < 4.78 is 7.29. The van der Waals surface area contributed by atoms with Crippen molar-refractivity contribution >= 4 is 29.9 Å². The Morgan fingerprint density at radius 2 is 1.82 bits per heavy atom. The number of rotatable bonds is 8. The van der Waals surface area contributed by atoms with E-state index in [9.17, 15) is 4.79 Å². The van der Waals surface area contributed by atoms with Crippen molar-refractivity contribution in [1.29, 1.82) is 0 Å². The normalized spacial score (nSPS) is 12.5. The Labute approximate surface area is 212 Å². The molecule has 0 saturated carbocycles. The van der Waals surface area contributed by atoms with Gasteiger partial charge in [0.05, 0.1) is 19.7 Å². The molecule has 1 aliphatic rings. The minimum atomic E-state index is 0. The van der Waals surface area contributed by atoms with E-state index in [1.165, 1.54) is 11.1 Å². The van der Waals surface area contributed by atoms with Crippen molar-refractivity contribution in [1.82, 2.24) is 15.2 Å². The van der Waals surface area contributed by atoms with Crippen LogP contribution in [-0.4, -0.2) is 30.2 Å². The Morgan fingerprint density at radius 1 is 1.03 bits per heavy atom. The van der Waals surface area contributed by atoms with Crippen LogP contribution in [0.1, 0.15) is 29.2 Å². The summed E-state index contributed by atoms with van der Waals surface area (Å²) in [5.41, 5.74) is 4.85. The molecule has 0 spiro atoms. The smallest absolute Gasteiger partial charge is 0.250 e. The van der Waals surface area contributed by atoms with Crippen LogP contribution in [0.3, 0.4) is 0 Å². The average molecular weight is 558 g/mol. The first-order valence-corrected chi connectivity index (χ1v) is 11.2. The van der Waals surface area contributed by atoms with E-state index in [1.807, 2.05) is 12.3 Å². The number of guanidine groups is 1. The lowest BCUT2D eigenvalue weighted by Gasteiger charge is -2.12. The van der Waals surface area contributed by atoms with Crippen molar-refractivity contribution in [2.45, 2.75) is 32.9 Å². The fourth-order valence-corrected chi connectivity index (χ4v) is 3.77. The highest BCUT2D eigenvalue weighted by Gasteiger charge is 2.11. The predicted molar refractivity (Wildman–Crippen MR) is 144 cm³/mol. The molecular formula is C26H31IN4O2. The molecule has 1 aliphatic heterocycles. The van der Waals surface area contributed by atoms with Gasteiger partial charge < -0.3 is 19.9 Å². The molecule has 2 heterocycles. The first kappa shape index (κ1) is 24.8. The van der Waals surface area contributed by atoms with Gasteiger partial charge in [0.2, 0.25) is 0 Å². The Bertz CT molecular complexity index is 1130. The van der Waals surface area contributed by atoms with E-state index in [0.29, 0.717) is 13.1 Å². The lowest BCUT2D eigenvalue weighted by molar-refractivity contribution is 0.357. The number of aliphatic imine (C=N–C) groups is 1. The molecule has 7 heteroatoms. The number of fused-ring (bicyclic) bond motifs is 1. The molecule has 0 saturated heterocycles. The number of halogens is 1. The fraction of sp³-hybridized carbons (Fsp3) is 0.308. The molecule has 0 atom stereocenters. The first-order chi connectivity index (χ1) is 15.7. The van der Waals surface area contributed by atoms with Gasteiger partial charge in [0, 0.05) is 31.8 Å². The minimum absolute atomic E-state index is 0. The minimum Gasteiger partial charge on any atom is -0.493 e. The Kier molecular flexibility index (Phi) is 9.35. The maximum Gasteiger partial charge on any atom is 0.250 e. The second-order valence-electron chi connectivity index (χ2n) is 7.90. The lowest BCUT2D eigenvalue weighted by atomic mass is 10.1. The summed E-state index contributed by atoms with van der Waals surface area (Å²) in [6, 6.07) is 19.9. The number of benzene rings is 2. The third-order valence-electron chi connectivity index (χ3n) is 5.50. The number of aromatic nitrogens is 1. The zero-order chi connectivity index (χ0) is 22.2. The zero-order valence-electron chi connectivity index (χ0n) is 18.9. The van der Waals surface area contributed by atoms with Crippen molar-refractivity contribution < 1.29 is 4.74 Å². The Morgan fingerprint density at radius 3 is 2.61 bits per heavy atom. The van der Waals surface area contributed by atoms with Crippen LogP contribution < -0.4 is 20.9 Å². The van der Waals surface area contributed by atoms with Crippen molar-refractivity contribution in [3.8, 4) is 5.75 Å². The number of hydrogen-bond acceptors (Lipinski definition) is 3. The van der Waals surface area contributed by atoms with Crippen LogP contribution in [0.4, 0.5) is 0 Å². The first-order valence-electron chi connectivity index (χ1n) is 11.2. The molecule has 0 amide bonds. The fourth-order valence-electron chi connectivity index (χ4n) is 3.77. The molecule has 2 aromatic carbocycles. The van der Waals surface area contributed by atoms with Crippen molar-refractivity contribution in [3.63, 3.8) is 0 Å². The maximum absolute atomic E-state index is 11.9. The Balaban J connectivity index is 0.00000306. The molecule has 0 aliphatic carbocycles. The van der Waals surface area contributed by atoms with Crippen molar-refractivity contribution in [2.75, 3.05) is 19.7 Å². The molecule has 4 rings (SSSR count). The average Bonchev–Trinajstić information content (AvgIpc) is 3.28. The molecular weight excluding hydrogens is 527 g/mol. The van der Waals surface area contributed by atoms with Gasteiger partial charge in [-0.05, 0) is 47.7 Å². The molecule has 3 aromatic rings. The highest BCUT2D eigenvalue weighted by atomic mass is 127. The van der Waals surface area contributed by atoms with Gasteiger partial charge in [0.25, 0.3) is 5.56 Å². The van der Waals surface area contributed by atoms with Gasteiger partial charge >= 0.3 is 0 Å². The molecule has 0 bridgehead atoms. The summed E-state index contributed by atoms with van der Waals surface area (Å²) in [5, 5.41) is 6.74. The lowest BCUT2D eigenvalue weighted by Crippen LogP contribution is -2.38. The number of ether oxygens (including phenoxy) is 1. The van der Waals surface area contributed by atoms with Gasteiger partial charge in [-0.25, -0.2) is 4.99 Å². The maximum atomic E-state index is 11.9. The van der Waals surface area contributed by atoms with Crippen LogP contribution in [-0.2, 0) is 25.9 Å². The summed E-state index contributed by atoms with van der Waals surface area (Å²) in [4.78, 5) is 16.6. The van der Waals surface area contributed by atoms with Crippen molar-refractivity contribution in [3.05, 3.63) is 99.5 Å². The van der Waals surface area contributed by atoms with E-state index >= 15 is 0 Å². The summed E-state index contributed by atoms with van der Waals surface area (Å²) in [6.07, 6.45) is 3.75. The second-order valence-corrected chi connectivity index (χ2v) is 7.90. The van der Waals surface area contributed by atoms with Crippen LogP contribution >= 0.6 is 24.0 Å². The monoisotopic (exact) mass is 558 g/mol. The van der Waals surface area contributed by atoms with E-state index in [2.05, 4.69) is 60.0 Å². The quantitative estimate of drug-likeness (QED) is 0.251. The zero-order valence-corrected chi connectivity index (χ0v) is 21.3. The van der Waals surface area contributed by atoms with Gasteiger partial charge in [0.15, 0.2) is 5.96 Å². The largest absolute Gasteiger partial charge is 0.493 e. The van der Waals surface area contributed by atoms with Gasteiger partial charge in [0.1, 0.15) is 5.75 Å². The summed E-state index contributed by atoms with van der Waals surface area (Å²) in [6.45, 7) is 5.65. The van der Waals surface area contributed by atoms with E-state index in [4.69, 9.17) is 9.73 Å². The standard InChI is InChI=1S/C26H30N4O2.HI/c1-2-27-26(28-14-12-20-10-11-24-23(17-20)13-16-32-24)29-18-21-6-8-22(9-7-21)19-30-15-4-3-5-25(30)31;/h3-11,15,17H,2,12-14,16,18-19H2,1H3,(H2,27,28,29);1H. The van der Waals surface area contributed by atoms with Crippen molar-refractivity contribution in [2.24, 2.45) is 4.99 Å². The van der Waals surface area contributed by atoms with E-state index in [0.717, 1.165) is 55.4 Å². The van der Waals surface area contributed by atoms with Gasteiger partial charge in [-0.2, -0.15) is 0 Å². The Hall–Kier alpha value is -2.81. The highest BCUT2D eigenvalue weighted by Crippen LogP contribution is 2.25. The molecule has 6 nitrogen and oxygen atoms in total. The number of nitrogens with zero attached hydrogens (tertiary/aromatic N) is 2. The van der Waals surface area contributed by atoms with Crippen LogP contribution in [0.2, 0.25) is 0 Å². The molecule has 1 aromatic heterocycles.